The number of anilines is 1. The van der Waals surface area contributed by atoms with Gasteiger partial charge >= 0.3 is 0 Å². The van der Waals surface area contributed by atoms with Gasteiger partial charge in [0.15, 0.2) is 0 Å². The Bertz CT molecular complexity index is 362. The third-order valence-electron chi connectivity index (χ3n) is 3.54. The van der Waals surface area contributed by atoms with Crippen LogP contribution in [-0.4, -0.2) is 30.0 Å². The molecule has 0 aliphatic carbocycles. The Hall–Kier alpha value is -1.09. The van der Waals surface area contributed by atoms with Crippen LogP contribution >= 0.6 is 0 Å². The number of rotatable bonds is 9. The summed E-state index contributed by atoms with van der Waals surface area (Å²) in [6.45, 7) is 12.4. The van der Waals surface area contributed by atoms with Gasteiger partial charge in [-0.2, -0.15) is 0 Å². The van der Waals surface area contributed by atoms with Crippen molar-refractivity contribution in [2.75, 3.05) is 25.5 Å². The Kier molecular flexibility index (Phi) is 7.60. The molecule has 0 unspecified atom stereocenters. The minimum atomic E-state index is 0.758. The molecule has 1 aromatic rings. The van der Waals surface area contributed by atoms with Crippen molar-refractivity contribution < 1.29 is 0 Å². The molecule has 1 aromatic heterocycles. The van der Waals surface area contributed by atoms with Crippen LogP contribution < -0.4 is 5.32 Å². The van der Waals surface area contributed by atoms with E-state index in [4.69, 9.17) is 0 Å². The number of nitrogens with one attached hydrogen (secondary N) is 1. The average molecular weight is 277 g/mol. The highest BCUT2D eigenvalue weighted by atomic mass is 15.1. The van der Waals surface area contributed by atoms with E-state index in [1.165, 1.54) is 12.8 Å². The molecule has 0 saturated carbocycles. The number of nitrogens with zero attached hydrogens (tertiary/aromatic N) is 2. The first kappa shape index (κ1) is 17.0. The van der Waals surface area contributed by atoms with Gasteiger partial charge in [0.25, 0.3) is 0 Å². The van der Waals surface area contributed by atoms with Crippen LogP contribution in [0.3, 0.4) is 0 Å². The van der Waals surface area contributed by atoms with E-state index in [-0.39, 0.29) is 0 Å². The standard InChI is InChI=1S/C17H31N3/c1-14(2)7-10-20(11-8-15(3)4)13-17-12-16(18-5)6-9-19-17/h6,9,12,14-15H,7-8,10-11,13H2,1-5H3,(H,18,19). The van der Waals surface area contributed by atoms with Crippen LogP contribution in [0.1, 0.15) is 46.2 Å². The largest absolute Gasteiger partial charge is 0.388 e. The van der Waals surface area contributed by atoms with E-state index < -0.39 is 0 Å². The third-order valence-corrected chi connectivity index (χ3v) is 3.54. The summed E-state index contributed by atoms with van der Waals surface area (Å²) in [7, 11) is 1.95. The van der Waals surface area contributed by atoms with Gasteiger partial charge in [-0.15, -0.1) is 0 Å². The van der Waals surface area contributed by atoms with Crippen molar-refractivity contribution in [1.82, 2.24) is 9.88 Å². The summed E-state index contributed by atoms with van der Waals surface area (Å²) in [4.78, 5) is 7.04. The summed E-state index contributed by atoms with van der Waals surface area (Å²) in [5, 5.41) is 3.18. The van der Waals surface area contributed by atoms with E-state index in [1.807, 2.05) is 19.3 Å². The van der Waals surface area contributed by atoms with Gasteiger partial charge in [0.2, 0.25) is 0 Å². The quantitative estimate of drug-likeness (QED) is 0.739. The Labute approximate surface area is 124 Å². The molecule has 0 aliphatic rings. The van der Waals surface area contributed by atoms with Gasteiger partial charge in [-0.05, 0) is 49.9 Å². The van der Waals surface area contributed by atoms with Crippen LogP contribution in [0.25, 0.3) is 0 Å². The zero-order valence-corrected chi connectivity index (χ0v) is 13.8. The highest BCUT2D eigenvalue weighted by Gasteiger charge is 2.09. The van der Waals surface area contributed by atoms with Crippen LogP contribution in [0.2, 0.25) is 0 Å². The minimum Gasteiger partial charge on any atom is -0.388 e. The molecule has 0 spiro atoms. The molecule has 1 heterocycles. The fourth-order valence-electron chi connectivity index (χ4n) is 2.10. The molecule has 20 heavy (non-hydrogen) atoms. The molecule has 1 rings (SSSR count). The van der Waals surface area contributed by atoms with Crippen molar-refractivity contribution in [3.05, 3.63) is 24.0 Å². The van der Waals surface area contributed by atoms with E-state index in [9.17, 15) is 0 Å². The van der Waals surface area contributed by atoms with Crippen molar-refractivity contribution in [1.29, 1.82) is 0 Å². The minimum absolute atomic E-state index is 0.758. The smallest absolute Gasteiger partial charge is 0.0564 e. The van der Waals surface area contributed by atoms with E-state index in [1.54, 1.807) is 0 Å². The lowest BCUT2D eigenvalue weighted by Crippen LogP contribution is -2.27. The molecule has 0 amide bonds. The summed E-state index contributed by atoms with van der Waals surface area (Å²) in [5.41, 5.74) is 2.30. The van der Waals surface area contributed by atoms with Gasteiger partial charge in [-0.3, -0.25) is 9.88 Å². The zero-order valence-electron chi connectivity index (χ0n) is 13.8. The van der Waals surface area contributed by atoms with Crippen LogP contribution in [-0.2, 0) is 6.54 Å². The lowest BCUT2D eigenvalue weighted by atomic mass is 10.1. The third kappa shape index (κ3) is 6.90. The Morgan fingerprint density at radius 3 is 2.20 bits per heavy atom. The molecule has 0 bridgehead atoms. The van der Waals surface area contributed by atoms with E-state index >= 15 is 0 Å². The van der Waals surface area contributed by atoms with Gasteiger partial charge in [-0.25, -0.2) is 0 Å². The molecule has 0 radical (unpaired) electrons. The lowest BCUT2D eigenvalue weighted by molar-refractivity contribution is 0.233. The van der Waals surface area contributed by atoms with E-state index in [0.717, 1.165) is 42.9 Å². The summed E-state index contributed by atoms with van der Waals surface area (Å²) in [6, 6.07) is 4.16. The normalized spacial score (nSPS) is 11.6. The fraction of sp³-hybridized carbons (Fsp3) is 0.706. The summed E-state index contributed by atoms with van der Waals surface area (Å²) >= 11 is 0. The van der Waals surface area contributed by atoms with Crippen molar-refractivity contribution in [2.45, 2.75) is 47.1 Å². The van der Waals surface area contributed by atoms with E-state index in [0.29, 0.717) is 0 Å². The molecule has 114 valence electrons. The highest BCUT2D eigenvalue weighted by Crippen LogP contribution is 2.12. The van der Waals surface area contributed by atoms with Crippen molar-refractivity contribution in [2.24, 2.45) is 11.8 Å². The van der Waals surface area contributed by atoms with Gasteiger partial charge in [-0.1, -0.05) is 27.7 Å². The fourth-order valence-corrected chi connectivity index (χ4v) is 2.10. The predicted octanol–water partition coefficient (Wildman–Crippen LogP) is 4.02. The maximum absolute atomic E-state index is 4.50. The number of hydrogen-bond acceptors (Lipinski definition) is 3. The average Bonchev–Trinajstić information content (AvgIpc) is 2.41. The molecule has 0 saturated heterocycles. The van der Waals surface area contributed by atoms with Crippen molar-refractivity contribution in [3.8, 4) is 0 Å². The Balaban J connectivity index is 2.61. The maximum Gasteiger partial charge on any atom is 0.0564 e. The molecule has 0 fully saturated rings. The Morgan fingerprint density at radius 1 is 1.10 bits per heavy atom. The van der Waals surface area contributed by atoms with Crippen LogP contribution in [0.15, 0.2) is 18.3 Å². The van der Waals surface area contributed by atoms with Gasteiger partial charge in [0, 0.05) is 25.5 Å². The lowest BCUT2D eigenvalue weighted by Gasteiger charge is -2.24. The number of hydrogen-bond donors (Lipinski definition) is 1. The SMILES string of the molecule is CNc1ccnc(CN(CCC(C)C)CCC(C)C)c1. The Morgan fingerprint density at radius 2 is 1.70 bits per heavy atom. The topological polar surface area (TPSA) is 28.2 Å². The number of aromatic nitrogens is 1. The van der Waals surface area contributed by atoms with Gasteiger partial charge in [0.05, 0.1) is 5.69 Å². The molecule has 1 N–H and O–H groups in total. The highest BCUT2D eigenvalue weighted by molar-refractivity contribution is 5.42. The first-order valence-corrected chi connectivity index (χ1v) is 7.86. The van der Waals surface area contributed by atoms with E-state index in [2.05, 4.69) is 49.0 Å². The summed E-state index contributed by atoms with van der Waals surface area (Å²) < 4.78 is 0. The molecular weight excluding hydrogens is 246 g/mol. The van der Waals surface area contributed by atoms with Crippen LogP contribution in [0.4, 0.5) is 5.69 Å². The molecule has 0 aliphatic heterocycles. The van der Waals surface area contributed by atoms with Gasteiger partial charge < -0.3 is 5.32 Å². The first-order chi connectivity index (χ1) is 9.51. The molecule has 0 aromatic carbocycles. The predicted molar refractivity (Wildman–Crippen MR) is 88.0 cm³/mol. The maximum atomic E-state index is 4.50. The van der Waals surface area contributed by atoms with Gasteiger partial charge in [0.1, 0.15) is 0 Å². The molecule has 3 heteroatoms. The van der Waals surface area contributed by atoms with Crippen molar-refractivity contribution in [3.63, 3.8) is 0 Å². The van der Waals surface area contributed by atoms with Crippen molar-refractivity contribution >= 4 is 5.69 Å². The second-order valence-electron chi connectivity index (χ2n) is 6.43. The molecule has 0 atom stereocenters. The van der Waals surface area contributed by atoms with Crippen LogP contribution in [0, 0.1) is 11.8 Å². The second kappa shape index (κ2) is 8.96. The second-order valence-corrected chi connectivity index (χ2v) is 6.43. The molecule has 3 nitrogen and oxygen atoms in total. The number of pyridine rings is 1. The first-order valence-electron chi connectivity index (χ1n) is 7.86. The van der Waals surface area contributed by atoms with Crippen LogP contribution in [0.5, 0.6) is 0 Å². The zero-order chi connectivity index (χ0) is 15.0. The molecular formula is C17H31N3. The summed E-state index contributed by atoms with van der Waals surface area (Å²) in [5.74, 6) is 1.52. The summed E-state index contributed by atoms with van der Waals surface area (Å²) in [6.07, 6.45) is 4.40. The monoisotopic (exact) mass is 277 g/mol.